The van der Waals surface area contributed by atoms with Crippen LogP contribution in [0.5, 0.6) is 0 Å². The average Bonchev–Trinajstić information content (AvgIpc) is 1.85. The van der Waals surface area contributed by atoms with Gasteiger partial charge in [0.1, 0.15) is 6.10 Å². The predicted octanol–water partition coefficient (Wildman–Crippen LogP) is -0.526. The predicted molar refractivity (Wildman–Crippen MR) is 27.2 cm³/mol. The molecule has 2 N–H and O–H groups in total. The number of hydrogen-bond acceptors (Lipinski definition) is 3. The lowest BCUT2D eigenvalue weighted by Crippen LogP contribution is -2.19. The smallest absolute Gasteiger partial charge is 0.181 e. The van der Waals surface area contributed by atoms with Crippen LogP contribution in [0.4, 0.5) is 0 Å². The third kappa shape index (κ3) is 0.992. The summed E-state index contributed by atoms with van der Waals surface area (Å²) in [6.45, 7) is 1.82. The van der Waals surface area contributed by atoms with Gasteiger partial charge in [-0.15, -0.1) is 0 Å². The van der Waals surface area contributed by atoms with Gasteiger partial charge in [-0.2, -0.15) is 0 Å². The molecule has 1 aliphatic rings. The van der Waals surface area contributed by atoms with Gasteiger partial charge in [-0.1, -0.05) is 0 Å². The normalized spacial score (nSPS) is 47.6. The van der Waals surface area contributed by atoms with E-state index in [1.807, 2.05) is 6.92 Å². The van der Waals surface area contributed by atoms with E-state index in [1.54, 1.807) is 0 Å². The summed E-state index contributed by atoms with van der Waals surface area (Å²) >= 11 is 0. The van der Waals surface area contributed by atoms with Crippen molar-refractivity contribution in [2.75, 3.05) is 0 Å². The zero-order valence-corrected chi connectivity index (χ0v) is 4.74. The van der Waals surface area contributed by atoms with Gasteiger partial charge in [0.2, 0.25) is 0 Å². The average molecular weight is 118 g/mol. The number of ether oxygens (including phenoxy) is 1. The SMILES string of the molecule is C[C@@H]1C[C@@H](O)[C@H](O)O1. The van der Waals surface area contributed by atoms with Crippen LogP contribution in [0.3, 0.4) is 0 Å². The molecule has 0 aromatic carbocycles. The Morgan fingerprint density at radius 1 is 1.50 bits per heavy atom. The zero-order chi connectivity index (χ0) is 6.15. The van der Waals surface area contributed by atoms with Crippen LogP contribution in [0, 0.1) is 0 Å². The van der Waals surface area contributed by atoms with Crippen molar-refractivity contribution < 1.29 is 14.9 Å². The molecule has 0 aromatic rings. The highest BCUT2D eigenvalue weighted by Crippen LogP contribution is 2.16. The van der Waals surface area contributed by atoms with Crippen molar-refractivity contribution in [3.05, 3.63) is 0 Å². The van der Waals surface area contributed by atoms with Gasteiger partial charge in [0.15, 0.2) is 6.29 Å². The van der Waals surface area contributed by atoms with Crippen molar-refractivity contribution in [1.82, 2.24) is 0 Å². The second kappa shape index (κ2) is 2.01. The second-order valence-electron chi connectivity index (χ2n) is 2.14. The maximum atomic E-state index is 8.79. The Bertz CT molecular complexity index is 73.7. The zero-order valence-electron chi connectivity index (χ0n) is 4.74. The van der Waals surface area contributed by atoms with Gasteiger partial charge >= 0.3 is 0 Å². The van der Waals surface area contributed by atoms with Crippen LogP contribution in [0.15, 0.2) is 0 Å². The van der Waals surface area contributed by atoms with Gasteiger partial charge < -0.3 is 14.9 Å². The molecule has 0 aliphatic carbocycles. The molecule has 0 bridgehead atoms. The van der Waals surface area contributed by atoms with Gasteiger partial charge in [0.05, 0.1) is 6.10 Å². The van der Waals surface area contributed by atoms with Crippen LogP contribution in [0.25, 0.3) is 0 Å². The molecule has 3 atom stereocenters. The first-order chi connectivity index (χ1) is 3.70. The Balaban J connectivity index is 2.39. The fraction of sp³-hybridized carbons (Fsp3) is 1.00. The van der Waals surface area contributed by atoms with E-state index < -0.39 is 12.4 Å². The lowest BCUT2D eigenvalue weighted by atomic mass is 10.2. The fourth-order valence-electron chi connectivity index (χ4n) is 0.841. The van der Waals surface area contributed by atoms with Gasteiger partial charge in [-0.25, -0.2) is 0 Å². The molecule has 1 heterocycles. The Morgan fingerprint density at radius 2 is 2.12 bits per heavy atom. The molecule has 0 aromatic heterocycles. The van der Waals surface area contributed by atoms with Crippen molar-refractivity contribution >= 4 is 0 Å². The minimum Gasteiger partial charge on any atom is -0.388 e. The molecule has 8 heavy (non-hydrogen) atoms. The molecule has 0 saturated carbocycles. The molecule has 0 unspecified atom stereocenters. The molecule has 1 aliphatic heterocycles. The minimum absolute atomic E-state index is 0.000000000000000222. The molecule has 3 heteroatoms. The molecule has 1 saturated heterocycles. The summed E-state index contributed by atoms with van der Waals surface area (Å²) in [5.74, 6) is 0. The first-order valence-corrected chi connectivity index (χ1v) is 2.71. The molecule has 48 valence electrons. The number of rotatable bonds is 0. The van der Waals surface area contributed by atoms with Crippen molar-refractivity contribution in [2.24, 2.45) is 0 Å². The largest absolute Gasteiger partial charge is 0.388 e. The Kier molecular flexibility index (Phi) is 1.51. The maximum absolute atomic E-state index is 8.79. The highest BCUT2D eigenvalue weighted by Gasteiger charge is 2.28. The van der Waals surface area contributed by atoms with Crippen LogP contribution < -0.4 is 0 Å². The molecule has 1 rings (SSSR count). The summed E-state index contributed by atoms with van der Waals surface area (Å²) in [5, 5.41) is 17.5. The first kappa shape index (κ1) is 6.01. The first-order valence-electron chi connectivity index (χ1n) is 2.71. The quantitative estimate of drug-likeness (QED) is 0.449. The van der Waals surface area contributed by atoms with Crippen molar-refractivity contribution in [1.29, 1.82) is 0 Å². The summed E-state index contributed by atoms with van der Waals surface area (Å²) in [7, 11) is 0. The third-order valence-corrected chi connectivity index (χ3v) is 1.27. The lowest BCUT2D eigenvalue weighted by Gasteiger charge is -2.03. The fourth-order valence-corrected chi connectivity index (χ4v) is 0.841. The van der Waals surface area contributed by atoms with Crippen LogP contribution >= 0.6 is 0 Å². The van der Waals surface area contributed by atoms with Gasteiger partial charge in [0.25, 0.3) is 0 Å². The molecule has 0 spiro atoms. The summed E-state index contributed by atoms with van der Waals surface area (Å²) in [6.07, 6.45) is -1.09. The van der Waals surface area contributed by atoms with Crippen LogP contribution in [-0.2, 0) is 4.74 Å². The van der Waals surface area contributed by atoms with E-state index in [0.29, 0.717) is 6.42 Å². The number of hydrogen-bond donors (Lipinski definition) is 2. The van der Waals surface area contributed by atoms with Gasteiger partial charge in [-0.05, 0) is 6.92 Å². The maximum Gasteiger partial charge on any atom is 0.181 e. The van der Waals surface area contributed by atoms with Crippen LogP contribution in [0.2, 0.25) is 0 Å². The Morgan fingerprint density at radius 3 is 2.25 bits per heavy atom. The summed E-state index contributed by atoms with van der Waals surface area (Å²) in [4.78, 5) is 0. The molecule has 0 amide bonds. The van der Waals surface area contributed by atoms with Crippen LogP contribution in [0.1, 0.15) is 13.3 Å². The van der Waals surface area contributed by atoms with Gasteiger partial charge in [0, 0.05) is 6.42 Å². The monoisotopic (exact) mass is 118 g/mol. The summed E-state index contributed by atoms with van der Waals surface area (Å²) in [5.41, 5.74) is 0. The number of aliphatic hydroxyl groups is 2. The Labute approximate surface area is 47.9 Å². The van der Waals surface area contributed by atoms with Crippen molar-refractivity contribution in [2.45, 2.75) is 31.8 Å². The van der Waals surface area contributed by atoms with E-state index >= 15 is 0 Å². The second-order valence-corrected chi connectivity index (χ2v) is 2.14. The number of aliphatic hydroxyl groups excluding tert-OH is 2. The minimum atomic E-state index is -0.954. The molecular weight excluding hydrogens is 108 g/mol. The highest BCUT2D eigenvalue weighted by molar-refractivity contribution is 4.71. The van der Waals surface area contributed by atoms with Crippen LogP contribution in [-0.4, -0.2) is 28.7 Å². The van der Waals surface area contributed by atoms with E-state index in [0.717, 1.165) is 0 Å². The molecular formula is C5H10O3. The third-order valence-electron chi connectivity index (χ3n) is 1.27. The van der Waals surface area contributed by atoms with Gasteiger partial charge in [-0.3, -0.25) is 0 Å². The highest BCUT2D eigenvalue weighted by atomic mass is 16.6. The molecule has 3 nitrogen and oxygen atoms in total. The standard InChI is InChI=1S/C5H10O3/c1-3-2-4(6)5(7)8-3/h3-7H,2H2,1H3/t3-,4-,5-/m1/s1. The molecule has 0 radical (unpaired) electrons. The summed E-state index contributed by atoms with van der Waals surface area (Å²) < 4.78 is 4.78. The van der Waals surface area contributed by atoms with E-state index in [-0.39, 0.29) is 6.10 Å². The molecule has 1 fully saturated rings. The van der Waals surface area contributed by atoms with E-state index in [1.165, 1.54) is 0 Å². The summed E-state index contributed by atoms with van der Waals surface area (Å²) in [6, 6.07) is 0. The Hall–Kier alpha value is -0.120. The van der Waals surface area contributed by atoms with Crippen molar-refractivity contribution in [3.63, 3.8) is 0 Å². The van der Waals surface area contributed by atoms with E-state index in [9.17, 15) is 0 Å². The van der Waals surface area contributed by atoms with E-state index in [2.05, 4.69) is 0 Å². The topological polar surface area (TPSA) is 49.7 Å². The lowest BCUT2D eigenvalue weighted by molar-refractivity contribution is -0.123. The van der Waals surface area contributed by atoms with Crippen molar-refractivity contribution in [3.8, 4) is 0 Å². The van der Waals surface area contributed by atoms with E-state index in [4.69, 9.17) is 14.9 Å².